The van der Waals surface area contributed by atoms with Crippen LogP contribution >= 0.6 is 0 Å². The maximum Gasteiger partial charge on any atom is 0.309 e. The number of nitrogens with one attached hydrogen (secondary N) is 2. The van der Waals surface area contributed by atoms with Crippen molar-refractivity contribution >= 4 is 28.7 Å². The SMILES string of the molecule is COc1ccc(Nc2cc3c(c(Nc4ccc(OC)cc4)c2C(C)C)CCC2[C@](C)(C(=O)O)CCC[C@]32C)cc1. The van der Waals surface area contributed by atoms with Crippen LogP contribution in [0.5, 0.6) is 11.5 Å². The highest BCUT2D eigenvalue weighted by Gasteiger charge is 2.55. The Morgan fingerprint density at radius 2 is 1.50 bits per heavy atom. The number of carbonyl (C=O) groups is 1. The lowest BCUT2D eigenvalue weighted by atomic mass is 9.49. The van der Waals surface area contributed by atoms with Crippen molar-refractivity contribution in [2.75, 3.05) is 24.9 Å². The number of methoxy groups -OCH3 is 2. The fourth-order valence-electron chi connectivity index (χ4n) is 7.38. The van der Waals surface area contributed by atoms with E-state index in [2.05, 4.69) is 37.5 Å². The van der Waals surface area contributed by atoms with E-state index in [0.717, 1.165) is 66.4 Å². The smallest absolute Gasteiger partial charge is 0.309 e. The summed E-state index contributed by atoms with van der Waals surface area (Å²) in [6.45, 7) is 8.74. The number of anilines is 4. The average Bonchev–Trinajstić information content (AvgIpc) is 2.94. The first-order chi connectivity index (χ1) is 19.1. The molecule has 6 heteroatoms. The zero-order valence-corrected chi connectivity index (χ0v) is 24.6. The predicted molar refractivity (Wildman–Crippen MR) is 162 cm³/mol. The zero-order valence-electron chi connectivity index (χ0n) is 24.6. The Bertz CT molecular complexity index is 1380. The van der Waals surface area contributed by atoms with Crippen LogP contribution in [-0.4, -0.2) is 25.3 Å². The number of carboxylic acids is 1. The highest BCUT2D eigenvalue weighted by atomic mass is 16.5. The molecule has 1 fully saturated rings. The van der Waals surface area contributed by atoms with Crippen molar-refractivity contribution < 1.29 is 19.4 Å². The quantitative estimate of drug-likeness (QED) is 0.265. The van der Waals surface area contributed by atoms with Crippen molar-refractivity contribution in [3.8, 4) is 11.5 Å². The monoisotopic (exact) mass is 542 g/mol. The summed E-state index contributed by atoms with van der Waals surface area (Å²) in [7, 11) is 3.35. The highest BCUT2D eigenvalue weighted by molar-refractivity contribution is 5.81. The first-order valence-corrected chi connectivity index (χ1v) is 14.4. The molecule has 212 valence electrons. The van der Waals surface area contributed by atoms with E-state index in [4.69, 9.17) is 9.47 Å². The summed E-state index contributed by atoms with van der Waals surface area (Å²) in [5.74, 6) is 1.28. The number of fused-ring (bicyclic) bond motifs is 3. The van der Waals surface area contributed by atoms with Crippen molar-refractivity contribution in [3.63, 3.8) is 0 Å². The van der Waals surface area contributed by atoms with Gasteiger partial charge in [0.05, 0.1) is 19.6 Å². The van der Waals surface area contributed by atoms with Gasteiger partial charge >= 0.3 is 5.97 Å². The fourth-order valence-corrected chi connectivity index (χ4v) is 7.38. The minimum absolute atomic E-state index is 0.0753. The van der Waals surface area contributed by atoms with Crippen molar-refractivity contribution in [3.05, 3.63) is 71.3 Å². The van der Waals surface area contributed by atoms with Crippen molar-refractivity contribution in [1.29, 1.82) is 0 Å². The molecule has 3 aromatic carbocycles. The third-order valence-corrected chi connectivity index (χ3v) is 9.50. The Hall–Kier alpha value is -3.67. The molecule has 3 N–H and O–H groups in total. The molecule has 5 rings (SSSR count). The first-order valence-electron chi connectivity index (χ1n) is 14.4. The van der Waals surface area contributed by atoms with Gasteiger partial charge in [0, 0.05) is 28.3 Å². The number of rotatable bonds is 8. The lowest BCUT2D eigenvalue weighted by molar-refractivity contribution is -0.157. The summed E-state index contributed by atoms with van der Waals surface area (Å²) < 4.78 is 10.8. The van der Waals surface area contributed by atoms with Gasteiger partial charge in [-0.3, -0.25) is 4.79 Å². The van der Waals surface area contributed by atoms with Gasteiger partial charge in [0.25, 0.3) is 0 Å². The van der Waals surface area contributed by atoms with E-state index in [1.54, 1.807) is 14.2 Å². The van der Waals surface area contributed by atoms with Gasteiger partial charge in [-0.15, -0.1) is 0 Å². The van der Waals surface area contributed by atoms with Gasteiger partial charge in [-0.05, 0) is 116 Å². The van der Waals surface area contributed by atoms with Gasteiger partial charge in [0.1, 0.15) is 11.5 Å². The number of hydrogen-bond donors (Lipinski definition) is 3. The van der Waals surface area contributed by atoms with Crippen LogP contribution in [0.2, 0.25) is 0 Å². The van der Waals surface area contributed by atoms with Crippen LogP contribution in [0.15, 0.2) is 54.6 Å². The molecule has 1 saturated carbocycles. The maximum absolute atomic E-state index is 12.6. The molecule has 0 bridgehead atoms. The largest absolute Gasteiger partial charge is 0.497 e. The van der Waals surface area contributed by atoms with E-state index in [9.17, 15) is 9.90 Å². The minimum Gasteiger partial charge on any atom is -0.497 e. The second kappa shape index (κ2) is 10.7. The molecule has 6 nitrogen and oxygen atoms in total. The standard InChI is InChI=1S/C34H42N2O4/c1-21(2)30-28(35-22-8-12-24(39-5)13-9-22)20-27-26(31(30)36-23-10-14-25(40-6)15-11-23)16-17-29-33(27,3)18-7-19-34(29,4)32(37)38/h8-15,20-21,29,35-36H,7,16-19H2,1-6H3,(H,37,38)/t29?,33-,34-/m1/s1. The summed E-state index contributed by atoms with van der Waals surface area (Å²) >= 11 is 0. The minimum atomic E-state index is -0.728. The van der Waals surface area contributed by atoms with Crippen LogP contribution in [0.3, 0.4) is 0 Å². The summed E-state index contributed by atoms with van der Waals surface area (Å²) in [4.78, 5) is 12.6. The third kappa shape index (κ3) is 4.78. The van der Waals surface area contributed by atoms with E-state index in [1.165, 1.54) is 16.7 Å². The van der Waals surface area contributed by atoms with Crippen LogP contribution in [0, 0.1) is 11.3 Å². The van der Waals surface area contributed by atoms with Crippen LogP contribution in [-0.2, 0) is 16.6 Å². The summed E-state index contributed by atoms with van der Waals surface area (Å²) in [6, 6.07) is 18.4. The lowest BCUT2D eigenvalue weighted by Gasteiger charge is -2.54. The summed E-state index contributed by atoms with van der Waals surface area (Å²) in [6.07, 6.45) is 4.34. The molecule has 0 heterocycles. The Morgan fingerprint density at radius 1 is 0.925 bits per heavy atom. The third-order valence-electron chi connectivity index (χ3n) is 9.50. The molecule has 0 amide bonds. The lowest BCUT2D eigenvalue weighted by Crippen LogP contribution is -2.52. The predicted octanol–water partition coefficient (Wildman–Crippen LogP) is 8.41. The Morgan fingerprint density at radius 3 is 2.02 bits per heavy atom. The fraction of sp³-hybridized carbons (Fsp3) is 0.441. The molecular formula is C34H42N2O4. The number of aliphatic carboxylic acids is 1. The molecule has 0 aliphatic heterocycles. The molecule has 0 radical (unpaired) electrons. The van der Waals surface area contributed by atoms with Crippen LogP contribution < -0.4 is 20.1 Å². The van der Waals surface area contributed by atoms with Crippen molar-refractivity contribution in [2.24, 2.45) is 11.3 Å². The Kier molecular flexibility index (Phi) is 7.47. The van der Waals surface area contributed by atoms with Gasteiger partial charge in [0.15, 0.2) is 0 Å². The molecular weight excluding hydrogens is 500 g/mol. The maximum atomic E-state index is 12.6. The highest BCUT2D eigenvalue weighted by Crippen LogP contribution is 2.59. The molecule has 3 aromatic rings. The molecule has 0 aromatic heterocycles. The number of benzene rings is 3. The zero-order chi connectivity index (χ0) is 28.7. The van der Waals surface area contributed by atoms with Crippen LogP contribution in [0.25, 0.3) is 0 Å². The van der Waals surface area contributed by atoms with Gasteiger partial charge in [0.2, 0.25) is 0 Å². The number of ether oxygens (including phenoxy) is 2. The normalized spacial score (nSPS) is 23.6. The van der Waals surface area contributed by atoms with Crippen molar-refractivity contribution in [1.82, 2.24) is 0 Å². The second-order valence-electron chi connectivity index (χ2n) is 12.2. The summed E-state index contributed by atoms with van der Waals surface area (Å²) in [5, 5.41) is 17.9. The van der Waals surface area contributed by atoms with Crippen molar-refractivity contribution in [2.45, 2.75) is 71.1 Å². The van der Waals surface area contributed by atoms with E-state index < -0.39 is 11.4 Å². The van der Waals surface area contributed by atoms with Crippen LogP contribution in [0.4, 0.5) is 22.7 Å². The second-order valence-corrected chi connectivity index (χ2v) is 12.2. The number of carboxylic acid groups (broad SMARTS) is 1. The molecule has 0 spiro atoms. The molecule has 1 unspecified atom stereocenters. The van der Waals surface area contributed by atoms with E-state index in [0.29, 0.717) is 0 Å². The van der Waals surface area contributed by atoms with E-state index >= 15 is 0 Å². The summed E-state index contributed by atoms with van der Waals surface area (Å²) in [5.41, 5.74) is 7.02. The molecule has 3 atom stereocenters. The van der Waals surface area contributed by atoms with Gasteiger partial charge in [-0.25, -0.2) is 0 Å². The number of hydrogen-bond acceptors (Lipinski definition) is 5. The van der Waals surface area contributed by atoms with Gasteiger partial charge < -0.3 is 25.2 Å². The van der Waals surface area contributed by atoms with Gasteiger partial charge in [-0.1, -0.05) is 27.2 Å². The van der Waals surface area contributed by atoms with E-state index in [1.807, 2.05) is 55.5 Å². The molecule has 2 aliphatic rings. The van der Waals surface area contributed by atoms with E-state index in [-0.39, 0.29) is 17.3 Å². The molecule has 2 aliphatic carbocycles. The Balaban J connectivity index is 1.70. The van der Waals surface area contributed by atoms with Crippen LogP contribution in [0.1, 0.15) is 76.0 Å². The molecule has 0 saturated heterocycles. The topological polar surface area (TPSA) is 79.8 Å². The Labute approximate surface area is 238 Å². The average molecular weight is 543 g/mol. The van der Waals surface area contributed by atoms with Gasteiger partial charge in [-0.2, -0.15) is 0 Å². The molecule has 40 heavy (non-hydrogen) atoms. The first kappa shape index (κ1) is 27.9.